The Morgan fingerprint density at radius 3 is 2.55 bits per heavy atom. The van der Waals surface area contributed by atoms with Crippen molar-refractivity contribution in [2.75, 3.05) is 18.1 Å². The Labute approximate surface area is 126 Å². The first-order chi connectivity index (χ1) is 9.47. The summed E-state index contributed by atoms with van der Waals surface area (Å²) >= 11 is 3.26. The molecular formula is C14H14BrNO3S. The van der Waals surface area contributed by atoms with Gasteiger partial charge in [0.05, 0.1) is 10.6 Å². The number of nitrogen functional groups attached to an aromatic ring is 1. The molecule has 20 heavy (non-hydrogen) atoms. The molecule has 6 heteroatoms. The van der Waals surface area contributed by atoms with Gasteiger partial charge in [-0.05, 0) is 30.3 Å². The molecule has 0 saturated carbocycles. The van der Waals surface area contributed by atoms with E-state index in [0.717, 1.165) is 4.47 Å². The van der Waals surface area contributed by atoms with Crippen molar-refractivity contribution in [3.63, 3.8) is 0 Å². The van der Waals surface area contributed by atoms with Crippen LogP contribution in [-0.2, 0) is 9.84 Å². The molecule has 2 aromatic rings. The monoisotopic (exact) mass is 355 g/mol. The van der Waals surface area contributed by atoms with Gasteiger partial charge in [0.15, 0.2) is 9.84 Å². The highest BCUT2D eigenvalue weighted by Crippen LogP contribution is 2.18. The Bertz CT molecular complexity index is 701. The molecule has 0 heterocycles. The van der Waals surface area contributed by atoms with Crippen LogP contribution in [0.25, 0.3) is 0 Å². The van der Waals surface area contributed by atoms with Gasteiger partial charge in [0.25, 0.3) is 0 Å². The van der Waals surface area contributed by atoms with E-state index in [1.54, 1.807) is 48.5 Å². The van der Waals surface area contributed by atoms with Crippen LogP contribution in [-0.4, -0.2) is 20.8 Å². The first kappa shape index (κ1) is 14.9. The molecule has 0 saturated heterocycles. The maximum Gasteiger partial charge on any atom is 0.181 e. The minimum atomic E-state index is -3.35. The van der Waals surface area contributed by atoms with Crippen LogP contribution in [0.15, 0.2) is 57.9 Å². The maximum atomic E-state index is 12.1. The molecule has 0 fully saturated rings. The Morgan fingerprint density at radius 2 is 1.85 bits per heavy atom. The van der Waals surface area contributed by atoms with Gasteiger partial charge < -0.3 is 10.5 Å². The van der Waals surface area contributed by atoms with Gasteiger partial charge in [-0.25, -0.2) is 8.42 Å². The molecule has 0 bridgehead atoms. The van der Waals surface area contributed by atoms with Crippen LogP contribution in [0.3, 0.4) is 0 Å². The van der Waals surface area contributed by atoms with Crippen molar-refractivity contribution in [3.05, 3.63) is 53.0 Å². The third kappa shape index (κ3) is 3.98. The molecule has 0 spiro atoms. The topological polar surface area (TPSA) is 69.4 Å². The van der Waals surface area contributed by atoms with Gasteiger partial charge in [0.2, 0.25) is 0 Å². The quantitative estimate of drug-likeness (QED) is 0.837. The van der Waals surface area contributed by atoms with E-state index in [1.165, 1.54) is 0 Å². The fraction of sp³-hybridized carbons (Fsp3) is 0.143. The van der Waals surface area contributed by atoms with E-state index in [2.05, 4.69) is 15.9 Å². The number of benzene rings is 2. The lowest BCUT2D eigenvalue weighted by atomic mass is 10.3. The van der Waals surface area contributed by atoms with Crippen LogP contribution in [0, 0.1) is 0 Å². The highest BCUT2D eigenvalue weighted by atomic mass is 79.9. The van der Waals surface area contributed by atoms with Crippen molar-refractivity contribution < 1.29 is 13.2 Å². The molecule has 106 valence electrons. The molecule has 0 amide bonds. The first-order valence-corrected chi connectivity index (χ1v) is 8.38. The summed E-state index contributed by atoms with van der Waals surface area (Å²) in [4.78, 5) is 0.281. The normalized spacial score (nSPS) is 11.2. The maximum absolute atomic E-state index is 12.1. The molecule has 0 atom stereocenters. The summed E-state index contributed by atoms with van der Waals surface area (Å²) in [5, 5.41) is 0. The average molecular weight is 356 g/mol. The Hall–Kier alpha value is -1.53. The molecule has 0 aliphatic carbocycles. The Balaban J connectivity index is 2.00. The standard InChI is InChI=1S/C14H14BrNO3S/c15-11-3-1-6-14(9-11)20(17,18)8-7-19-13-5-2-4-12(16)10-13/h1-6,9-10H,7-8,16H2. The number of halogens is 1. The van der Waals surface area contributed by atoms with E-state index in [9.17, 15) is 8.42 Å². The van der Waals surface area contributed by atoms with E-state index < -0.39 is 9.84 Å². The number of ether oxygens (including phenoxy) is 1. The summed E-state index contributed by atoms with van der Waals surface area (Å²) in [6, 6.07) is 13.5. The van der Waals surface area contributed by atoms with Crippen molar-refractivity contribution in [3.8, 4) is 5.75 Å². The SMILES string of the molecule is Nc1cccc(OCCS(=O)(=O)c2cccc(Br)c2)c1. The smallest absolute Gasteiger partial charge is 0.181 e. The van der Waals surface area contributed by atoms with Gasteiger partial charge in [0, 0.05) is 16.2 Å². The highest BCUT2D eigenvalue weighted by Gasteiger charge is 2.14. The van der Waals surface area contributed by atoms with Crippen LogP contribution in [0.4, 0.5) is 5.69 Å². The zero-order valence-corrected chi connectivity index (χ0v) is 13.0. The number of sulfone groups is 1. The van der Waals surface area contributed by atoms with E-state index >= 15 is 0 Å². The molecule has 2 aromatic carbocycles. The minimum absolute atomic E-state index is 0.0816. The second-order valence-corrected chi connectivity index (χ2v) is 7.22. The summed E-state index contributed by atoms with van der Waals surface area (Å²) < 4.78 is 30.4. The van der Waals surface area contributed by atoms with E-state index in [4.69, 9.17) is 10.5 Å². The molecule has 0 aliphatic rings. The predicted molar refractivity (Wildman–Crippen MR) is 82.5 cm³/mol. The van der Waals surface area contributed by atoms with Crippen LogP contribution in [0.5, 0.6) is 5.75 Å². The summed E-state index contributed by atoms with van der Waals surface area (Å²) in [5.74, 6) is 0.479. The summed E-state index contributed by atoms with van der Waals surface area (Å²) in [6.45, 7) is 0.0816. The number of hydrogen-bond acceptors (Lipinski definition) is 4. The molecule has 2 rings (SSSR count). The second-order valence-electron chi connectivity index (χ2n) is 4.20. The van der Waals surface area contributed by atoms with Gasteiger partial charge in [-0.3, -0.25) is 0 Å². The van der Waals surface area contributed by atoms with E-state index in [-0.39, 0.29) is 17.3 Å². The Kier molecular flexibility index (Phi) is 4.67. The first-order valence-electron chi connectivity index (χ1n) is 5.94. The fourth-order valence-corrected chi connectivity index (χ4v) is 3.33. The molecule has 0 radical (unpaired) electrons. The molecule has 0 aromatic heterocycles. The van der Waals surface area contributed by atoms with Gasteiger partial charge in [-0.1, -0.05) is 28.1 Å². The molecule has 0 aliphatic heterocycles. The van der Waals surface area contributed by atoms with E-state index in [1.807, 2.05) is 0 Å². The summed E-state index contributed by atoms with van der Waals surface area (Å²) in [7, 11) is -3.35. The predicted octanol–water partition coefficient (Wildman–Crippen LogP) is 2.88. The lowest BCUT2D eigenvalue weighted by Crippen LogP contribution is -2.14. The molecule has 2 N–H and O–H groups in total. The van der Waals surface area contributed by atoms with Crippen molar-refractivity contribution in [2.24, 2.45) is 0 Å². The number of hydrogen-bond donors (Lipinski definition) is 1. The zero-order valence-electron chi connectivity index (χ0n) is 10.6. The van der Waals surface area contributed by atoms with Crippen molar-refractivity contribution in [1.29, 1.82) is 0 Å². The van der Waals surface area contributed by atoms with Crippen LogP contribution in [0.2, 0.25) is 0 Å². The third-order valence-electron chi connectivity index (χ3n) is 2.63. The highest BCUT2D eigenvalue weighted by molar-refractivity contribution is 9.10. The largest absolute Gasteiger partial charge is 0.492 e. The van der Waals surface area contributed by atoms with Crippen molar-refractivity contribution in [2.45, 2.75) is 4.90 Å². The lowest BCUT2D eigenvalue weighted by molar-refractivity contribution is 0.341. The van der Waals surface area contributed by atoms with Gasteiger partial charge in [0.1, 0.15) is 12.4 Å². The lowest BCUT2D eigenvalue weighted by Gasteiger charge is -2.08. The minimum Gasteiger partial charge on any atom is -0.492 e. The molecule has 4 nitrogen and oxygen atoms in total. The molecular weight excluding hydrogens is 342 g/mol. The summed E-state index contributed by atoms with van der Waals surface area (Å²) in [5.41, 5.74) is 6.20. The van der Waals surface area contributed by atoms with Gasteiger partial charge in [-0.2, -0.15) is 0 Å². The van der Waals surface area contributed by atoms with Gasteiger partial charge in [-0.15, -0.1) is 0 Å². The second kappa shape index (κ2) is 6.28. The number of rotatable bonds is 5. The van der Waals surface area contributed by atoms with Crippen LogP contribution in [0.1, 0.15) is 0 Å². The third-order valence-corrected chi connectivity index (χ3v) is 4.80. The van der Waals surface area contributed by atoms with Crippen molar-refractivity contribution in [1.82, 2.24) is 0 Å². The van der Waals surface area contributed by atoms with Crippen LogP contribution >= 0.6 is 15.9 Å². The van der Waals surface area contributed by atoms with E-state index in [0.29, 0.717) is 11.4 Å². The molecule has 0 unspecified atom stereocenters. The van der Waals surface area contributed by atoms with Gasteiger partial charge >= 0.3 is 0 Å². The Morgan fingerprint density at radius 1 is 1.10 bits per heavy atom. The fourth-order valence-electron chi connectivity index (χ4n) is 1.65. The number of nitrogens with two attached hydrogens (primary N) is 1. The van der Waals surface area contributed by atoms with Crippen molar-refractivity contribution >= 4 is 31.5 Å². The average Bonchev–Trinajstić information content (AvgIpc) is 2.38. The number of anilines is 1. The zero-order chi connectivity index (χ0) is 14.6. The van der Waals surface area contributed by atoms with Crippen LogP contribution < -0.4 is 10.5 Å². The summed E-state index contributed by atoms with van der Waals surface area (Å²) in [6.07, 6.45) is 0.